The van der Waals surface area contributed by atoms with Crippen molar-refractivity contribution in [3.8, 4) is 0 Å². The van der Waals surface area contributed by atoms with Crippen LogP contribution in [0.15, 0.2) is 30.3 Å². The molecule has 1 aliphatic carbocycles. The van der Waals surface area contributed by atoms with Gasteiger partial charge in [-0.15, -0.1) is 0 Å². The highest BCUT2D eigenvalue weighted by atomic mass is 16.4. The maximum absolute atomic E-state index is 9.93. The Morgan fingerprint density at radius 3 is 2.39 bits per heavy atom. The molecule has 5 unspecified atom stereocenters. The van der Waals surface area contributed by atoms with E-state index in [4.69, 9.17) is 0 Å². The van der Waals surface area contributed by atoms with Crippen molar-refractivity contribution in [2.24, 2.45) is 5.92 Å². The average molecular weight is 251 g/mol. The van der Waals surface area contributed by atoms with Gasteiger partial charge in [-0.3, -0.25) is 0 Å². The Morgan fingerprint density at radius 1 is 1.06 bits per heavy atom. The molecule has 1 aromatic rings. The van der Waals surface area contributed by atoms with Crippen molar-refractivity contribution in [1.82, 2.24) is 5.32 Å². The number of nitrogens with one attached hydrogen (secondary N) is 1. The van der Waals surface area contributed by atoms with E-state index in [2.05, 4.69) is 5.32 Å². The molecular formula is C14H21NO3. The van der Waals surface area contributed by atoms with Gasteiger partial charge in [-0.05, 0) is 17.9 Å². The van der Waals surface area contributed by atoms with Gasteiger partial charge in [0.15, 0.2) is 0 Å². The molecule has 0 bridgehead atoms. The second-order valence-electron chi connectivity index (χ2n) is 5.16. The van der Waals surface area contributed by atoms with Crippen LogP contribution in [-0.4, -0.2) is 39.7 Å². The van der Waals surface area contributed by atoms with E-state index in [-0.39, 0.29) is 12.0 Å². The highest BCUT2D eigenvalue weighted by Crippen LogP contribution is 2.25. The van der Waals surface area contributed by atoms with Crippen molar-refractivity contribution >= 4 is 0 Å². The van der Waals surface area contributed by atoms with Crippen molar-refractivity contribution in [3.63, 3.8) is 0 Å². The fourth-order valence-electron chi connectivity index (χ4n) is 2.50. The monoisotopic (exact) mass is 251 g/mol. The van der Waals surface area contributed by atoms with Crippen molar-refractivity contribution in [2.75, 3.05) is 0 Å². The summed E-state index contributed by atoms with van der Waals surface area (Å²) in [6.45, 7) is 2.54. The zero-order valence-corrected chi connectivity index (χ0v) is 10.5. The van der Waals surface area contributed by atoms with Crippen LogP contribution in [0.2, 0.25) is 0 Å². The van der Waals surface area contributed by atoms with E-state index in [0.29, 0.717) is 13.0 Å². The first-order chi connectivity index (χ1) is 8.59. The molecule has 4 nitrogen and oxygen atoms in total. The smallest absolute Gasteiger partial charge is 0.107 e. The van der Waals surface area contributed by atoms with Crippen LogP contribution >= 0.6 is 0 Å². The molecule has 0 spiro atoms. The molecular weight excluding hydrogens is 230 g/mol. The van der Waals surface area contributed by atoms with Crippen LogP contribution in [0, 0.1) is 5.92 Å². The van der Waals surface area contributed by atoms with Crippen LogP contribution in [0.3, 0.4) is 0 Å². The van der Waals surface area contributed by atoms with Crippen molar-refractivity contribution in [1.29, 1.82) is 0 Å². The van der Waals surface area contributed by atoms with Gasteiger partial charge in [-0.2, -0.15) is 0 Å². The van der Waals surface area contributed by atoms with E-state index in [9.17, 15) is 15.3 Å². The molecule has 5 atom stereocenters. The maximum atomic E-state index is 9.93. The fraction of sp³-hybridized carbons (Fsp3) is 0.571. The summed E-state index contributed by atoms with van der Waals surface area (Å²) < 4.78 is 0. The lowest BCUT2D eigenvalue weighted by Crippen LogP contribution is -2.57. The van der Waals surface area contributed by atoms with E-state index in [1.165, 1.54) is 0 Å². The molecule has 100 valence electrons. The van der Waals surface area contributed by atoms with Crippen LogP contribution < -0.4 is 5.32 Å². The van der Waals surface area contributed by atoms with E-state index in [0.717, 1.165) is 5.56 Å². The van der Waals surface area contributed by atoms with Crippen molar-refractivity contribution < 1.29 is 15.3 Å². The van der Waals surface area contributed by atoms with E-state index < -0.39 is 18.3 Å². The SMILES string of the molecule is CC1CC(NCc2ccccc2)C(O)C(O)C1O. The van der Waals surface area contributed by atoms with Crippen molar-refractivity contribution in [3.05, 3.63) is 35.9 Å². The summed E-state index contributed by atoms with van der Waals surface area (Å²) >= 11 is 0. The number of hydrogen-bond acceptors (Lipinski definition) is 4. The lowest BCUT2D eigenvalue weighted by Gasteiger charge is -2.39. The molecule has 0 heterocycles. The van der Waals surface area contributed by atoms with Crippen LogP contribution in [0.5, 0.6) is 0 Å². The first-order valence-corrected chi connectivity index (χ1v) is 6.41. The number of benzene rings is 1. The number of hydrogen-bond donors (Lipinski definition) is 4. The molecule has 2 rings (SSSR count). The van der Waals surface area contributed by atoms with E-state index in [1.54, 1.807) is 0 Å². The molecule has 0 aromatic heterocycles. The second-order valence-corrected chi connectivity index (χ2v) is 5.16. The highest BCUT2D eigenvalue weighted by Gasteiger charge is 2.40. The topological polar surface area (TPSA) is 72.7 Å². The van der Waals surface area contributed by atoms with Crippen molar-refractivity contribution in [2.45, 2.75) is 44.2 Å². The predicted octanol–water partition coefficient (Wildman–Crippen LogP) is 0.267. The average Bonchev–Trinajstić information content (AvgIpc) is 2.40. The lowest BCUT2D eigenvalue weighted by molar-refractivity contribution is -0.120. The Bertz CT molecular complexity index is 371. The van der Waals surface area contributed by atoms with Crippen LogP contribution in [0.1, 0.15) is 18.9 Å². The highest BCUT2D eigenvalue weighted by molar-refractivity contribution is 5.14. The number of rotatable bonds is 3. The van der Waals surface area contributed by atoms with Crippen LogP contribution in [0.25, 0.3) is 0 Å². The third kappa shape index (κ3) is 2.90. The molecule has 1 saturated carbocycles. The number of aliphatic hydroxyl groups is 3. The van der Waals surface area contributed by atoms with Crippen LogP contribution in [0.4, 0.5) is 0 Å². The maximum Gasteiger partial charge on any atom is 0.107 e. The normalized spacial score (nSPS) is 36.6. The quantitative estimate of drug-likeness (QED) is 0.622. The number of aliphatic hydroxyl groups excluding tert-OH is 3. The molecule has 0 aliphatic heterocycles. The zero-order valence-electron chi connectivity index (χ0n) is 10.5. The summed E-state index contributed by atoms with van der Waals surface area (Å²) in [5.74, 6) is -0.0170. The second kappa shape index (κ2) is 5.80. The summed E-state index contributed by atoms with van der Waals surface area (Å²) in [5.41, 5.74) is 1.14. The largest absolute Gasteiger partial charge is 0.390 e. The van der Waals surface area contributed by atoms with Gasteiger partial charge < -0.3 is 20.6 Å². The lowest BCUT2D eigenvalue weighted by atomic mass is 9.80. The van der Waals surface area contributed by atoms with Gasteiger partial charge in [-0.25, -0.2) is 0 Å². The molecule has 0 saturated heterocycles. The Balaban J connectivity index is 1.93. The molecule has 18 heavy (non-hydrogen) atoms. The molecule has 4 N–H and O–H groups in total. The Kier molecular flexibility index (Phi) is 4.35. The molecule has 1 fully saturated rings. The minimum absolute atomic E-state index is 0.0170. The van der Waals surface area contributed by atoms with Crippen LogP contribution in [-0.2, 0) is 6.54 Å². The van der Waals surface area contributed by atoms with E-state index >= 15 is 0 Å². The summed E-state index contributed by atoms with van der Waals surface area (Å²) in [4.78, 5) is 0. The fourth-order valence-corrected chi connectivity index (χ4v) is 2.50. The summed E-state index contributed by atoms with van der Waals surface area (Å²) in [7, 11) is 0. The third-order valence-electron chi connectivity index (χ3n) is 3.73. The summed E-state index contributed by atoms with van der Waals surface area (Å²) in [5, 5.41) is 32.6. The zero-order chi connectivity index (χ0) is 13.1. The molecule has 4 heteroatoms. The van der Waals surface area contributed by atoms with Gasteiger partial charge in [-0.1, -0.05) is 37.3 Å². The molecule has 0 radical (unpaired) electrons. The Hall–Kier alpha value is -0.940. The standard InChI is InChI=1S/C14H21NO3/c1-9-7-11(13(17)14(18)12(9)16)15-8-10-5-3-2-4-6-10/h2-6,9,11-18H,7-8H2,1H3. The first-order valence-electron chi connectivity index (χ1n) is 6.41. The minimum Gasteiger partial charge on any atom is -0.390 e. The van der Waals surface area contributed by atoms with Gasteiger partial charge in [0.05, 0.1) is 12.2 Å². The minimum atomic E-state index is -1.07. The Labute approximate surface area is 107 Å². The molecule has 1 aliphatic rings. The van der Waals surface area contributed by atoms with Gasteiger partial charge in [0, 0.05) is 12.6 Å². The first kappa shape index (κ1) is 13.5. The molecule has 0 amide bonds. The van der Waals surface area contributed by atoms with Gasteiger partial charge in [0.25, 0.3) is 0 Å². The third-order valence-corrected chi connectivity index (χ3v) is 3.73. The summed E-state index contributed by atoms with van der Waals surface area (Å²) in [6, 6.07) is 9.73. The molecule has 1 aromatic carbocycles. The summed E-state index contributed by atoms with van der Waals surface area (Å²) in [6.07, 6.45) is -2.16. The van der Waals surface area contributed by atoms with Gasteiger partial charge in [0.2, 0.25) is 0 Å². The Morgan fingerprint density at radius 2 is 1.72 bits per heavy atom. The predicted molar refractivity (Wildman–Crippen MR) is 68.9 cm³/mol. The van der Waals surface area contributed by atoms with E-state index in [1.807, 2.05) is 37.3 Å². The van der Waals surface area contributed by atoms with Gasteiger partial charge >= 0.3 is 0 Å². The van der Waals surface area contributed by atoms with Gasteiger partial charge in [0.1, 0.15) is 6.10 Å².